The van der Waals surface area contributed by atoms with E-state index in [4.69, 9.17) is 29.9 Å². The highest BCUT2D eigenvalue weighted by Gasteiger charge is 2.25. The van der Waals surface area contributed by atoms with Crippen LogP contribution in [0.15, 0.2) is 401 Å². The fourth-order valence-corrected chi connectivity index (χ4v) is 18.5. The summed E-state index contributed by atoms with van der Waals surface area (Å²) in [6, 6.07) is 138. The zero-order valence-corrected chi connectivity index (χ0v) is 64.5. The molecule has 558 valence electrons. The van der Waals surface area contributed by atoms with Gasteiger partial charge in [0.15, 0.2) is 23.3 Å². The minimum Gasteiger partial charge on any atom is -0.309 e. The zero-order valence-electron chi connectivity index (χ0n) is 64.5. The van der Waals surface area contributed by atoms with Gasteiger partial charge in [-0.25, -0.2) is 9.97 Å². The van der Waals surface area contributed by atoms with Gasteiger partial charge in [-0.05, 0) is 186 Å². The van der Waals surface area contributed by atoms with Crippen molar-refractivity contribution in [3.63, 3.8) is 0 Å². The van der Waals surface area contributed by atoms with Crippen molar-refractivity contribution in [2.24, 2.45) is 0 Å². The van der Waals surface area contributed by atoms with Gasteiger partial charge < -0.3 is 9.13 Å². The Hall–Kier alpha value is -16.4. The molecule has 25 rings (SSSR count). The number of nitrogens with zero attached hydrogens (tertiary/aromatic N) is 12. The highest BCUT2D eigenvalue weighted by molar-refractivity contribution is 6.28. The van der Waals surface area contributed by atoms with Crippen LogP contribution in [0.2, 0.25) is 0 Å². The van der Waals surface area contributed by atoms with Crippen LogP contribution >= 0.6 is 0 Å². The lowest BCUT2D eigenvalue weighted by Crippen LogP contribution is -2.07. The Morgan fingerprint density at radius 3 is 0.933 bits per heavy atom. The molecule has 17 aromatic carbocycles. The van der Waals surface area contributed by atoms with Crippen LogP contribution in [-0.4, -0.2) is 58.1 Å². The number of hydrogen-bond donors (Lipinski definition) is 0. The Bertz CT molecular complexity index is 8290. The van der Waals surface area contributed by atoms with Gasteiger partial charge in [0.25, 0.3) is 0 Å². The minimum atomic E-state index is 0.483. The van der Waals surface area contributed by atoms with Crippen LogP contribution < -0.4 is 0 Å². The first-order chi connectivity index (χ1) is 59.5. The van der Waals surface area contributed by atoms with Gasteiger partial charge in [0, 0.05) is 77.7 Å². The number of pyridine rings is 2. The Kier molecular flexibility index (Phi) is 15.7. The predicted molar refractivity (Wildman–Crippen MR) is 493 cm³/mol. The molecule has 12 heteroatoms. The average Bonchev–Trinajstić information content (AvgIpc) is 1.43. The van der Waals surface area contributed by atoms with E-state index in [0.29, 0.717) is 46.6 Å². The Labute approximate surface area is 686 Å². The number of fused-ring (bicyclic) bond motifs is 20. The maximum atomic E-state index is 5.31. The van der Waals surface area contributed by atoms with Crippen LogP contribution in [0.3, 0.4) is 0 Å². The number of rotatable bonds is 10. The molecule has 0 saturated carbocycles. The summed E-state index contributed by atoms with van der Waals surface area (Å²) in [5.74, 6) is 3.32. The second-order valence-electron chi connectivity index (χ2n) is 30.5. The van der Waals surface area contributed by atoms with E-state index in [1.165, 1.54) is 87.2 Å². The van der Waals surface area contributed by atoms with Crippen molar-refractivity contribution >= 4 is 141 Å². The van der Waals surface area contributed by atoms with E-state index < -0.39 is 0 Å². The third kappa shape index (κ3) is 11.0. The zero-order chi connectivity index (χ0) is 78.9. The van der Waals surface area contributed by atoms with Gasteiger partial charge >= 0.3 is 0 Å². The Balaban J connectivity index is 0.000000137. The molecule has 0 amide bonds. The second kappa shape index (κ2) is 27.7. The molecule has 12 nitrogen and oxygen atoms in total. The SMILES string of the molecule is c1ccc(-c2nc(-c3ccccn3)nc(-n3c4ccccc4c4cc(-c5ccc6c(c5)c5ccccc5n6-c5cccc6c7ccccc7c7ccccc7c56)ccc43)n2)nc1.c1ccc(-n2c3ccccc3c3cc(-c4ccc5c(c4)c4ccccc4n5-c4nc(-c5cccc6ccccc56)nc(-c5cccc6ccccc56)n4)ccc32)cc1. The monoisotopic (exact) mass is 1530 g/mol. The molecule has 0 aliphatic rings. The van der Waals surface area contributed by atoms with Crippen LogP contribution in [0.4, 0.5) is 0 Å². The molecular weight excluding hydrogens is 1470 g/mol. The van der Waals surface area contributed by atoms with E-state index in [0.717, 1.165) is 98.7 Å². The summed E-state index contributed by atoms with van der Waals surface area (Å²) in [5.41, 5.74) is 19.0. The highest BCUT2D eigenvalue weighted by Crippen LogP contribution is 2.45. The standard InChI is InChI=1S/C55H33N7.C53H33N5/c1-2-15-38-36(14-1)37-16-3-4-19-41(37)52-42(38)20-13-25-51(52)61-47-23-7-5-17-39(47)43-32-34(26-28-49(43)61)35-27-29-50-44(33-35)40-18-6-8-24-48(40)62(50)55-59-53(45-21-9-11-30-56-45)58-54(60-55)46-22-10-12-31-57-46;1-2-18-38(19-3-1)57-47-26-10-8-22-41(47)45-32-36(28-30-49(45)57)37-29-31-50-46(33-37)42-23-9-11-27-48(42)58(50)53-55-51(43-24-12-16-34-14-4-6-20-39(34)43)54-52(56-53)44-25-13-17-35-15-5-7-21-40(35)44/h1-33H;1-33H. The van der Waals surface area contributed by atoms with E-state index in [1.54, 1.807) is 12.4 Å². The van der Waals surface area contributed by atoms with E-state index in [9.17, 15) is 0 Å². The summed E-state index contributed by atoms with van der Waals surface area (Å²) in [4.78, 5) is 40.0. The van der Waals surface area contributed by atoms with Crippen molar-refractivity contribution in [1.29, 1.82) is 0 Å². The first-order valence-electron chi connectivity index (χ1n) is 40.4. The number of aromatic nitrogens is 12. The number of para-hydroxylation sites is 5. The number of benzene rings is 17. The third-order valence-corrected chi connectivity index (χ3v) is 23.9. The molecule has 0 bridgehead atoms. The molecule has 0 saturated heterocycles. The Morgan fingerprint density at radius 2 is 0.492 bits per heavy atom. The summed E-state index contributed by atoms with van der Waals surface area (Å²) in [7, 11) is 0. The van der Waals surface area contributed by atoms with Crippen molar-refractivity contribution in [1.82, 2.24) is 58.1 Å². The summed E-state index contributed by atoms with van der Waals surface area (Å²) >= 11 is 0. The molecule has 0 N–H and O–H groups in total. The summed E-state index contributed by atoms with van der Waals surface area (Å²) in [5, 5.41) is 21.4. The topological polar surface area (TPSA) is 123 Å². The third-order valence-electron chi connectivity index (χ3n) is 23.9. The minimum absolute atomic E-state index is 0.483. The molecule has 0 radical (unpaired) electrons. The quantitative estimate of drug-likeness (QED) is 0.124. The van der Waals surface area contributed by atoms with Crippen molar-refractivity contribution in [3.05, 3.63) is 401 Å². The first kappa shape index (κ1) is 68.0. The summed E-state index contributed by atoms with van der Waals surface area (Å²) in [6.45, 7) is 0. The van der Waals surface area contributed by atoms with Crippen LogP contribution in [0.1, 0.15) is 0 Å². The van der Waals surface area contributed by atoms with Gasteiger partial charge in [-0.1, -0.05) is 273 Å². The molecule has 0 spiro atoms. The summed E-state index contributed by atoms with van der Waals surface area (Å²) < 4.78 is 9.15. The van der Waals surface area contributed by atoms with E-state index in [2.05, 4.69) is 380 Å². The first-order valence-corrected chi connectivity index (χ1v) is 40.4. The molecule has 8 heterocycles. The average molecular weight is 1530 g/mol. The van der Waals surface area contributed by atoms with Crippen LogP contribution in [-0.2, 0) is 0 Å². The summed E-state index contributed by atoms with van der Waals surface area (Å²) in [6.07, 6.45) is 3.51. The van der Waals surface area contributed by atoms with Crippen LogP contribution in [0.25, 0.3) is 232 Å². The van der Waals surface area contributed by atoms with Gasteiger partial charge in [0.05, 0.1) is 49.8 Å². The van der Waals surface area contributed by atoms with Gasteiger partial charge in [-0.2, -0.15) is 19.9 Å². The van der Waals surface area contributed by atoms with Crippen LogP contribution in [0.5, 0.6) is 0 Å². The van der Waals surface area contributed by atoms with Gasteiger partial charge in [-0.3, -0.25) is 19.1 Å². The normalized spacial score (nSPS) is 11.8. The van der Waals surface area contributed by atoms with E-state index >= 15 is 0 Å². The largest absolute Gasteiger partial charge is 0.309 e. The Morgan fingerprint density at radius 1 is 0.183 bits per heavy atom. The fraction of sp³-hybridized carbons (Fsp3) is 0. The molecule has 0 fully saturated rings. The van der Waals surface area contributed by atoms with Crippen molar-refractivity contribution in [2.75, 3.05) is 0 Å². The maximum absolute atomic E-state index is 5.31. The molecule has 8 aromatic heterocycles. The lowest BCUT2D eigenvalue weighted by Gasteiger charge is -2.16. The van der Waals surface area contributed by atoms with Gasteiger partial charge in [0.2, 0.25) is 11.9 Å². The molecular formula is C108H66N12. The molecule has 120 heavy (non-hydrogen) atoms. The fourth-order valence-electron chi connectivity index (χ4n) is 18.5. The van der Waals surface area contributed by atoms with E-state index in [-0.39, 0.29) is 0 Å². The highest BCUT2D eigenvalue weighted by atomic mass is 15.2. The molecule has 0 aliphatic carbocycles. The molecule has 0 unspecified atom stereocenters. The molecule has 0 atom stereocenters. The number of hydrogen-bond acceptors (Lipinski definition) is 8. The van der Waals surface area contributed by atoms with Crippen molar-refractivity contribution in [3.8, 4) is 91.3 Å². The predicted octanol–water partition coefficient (Wildman–Crippen LogP) is 26.7. The smallest absolute Gasteiger partial charge is 0.238 e. The van der Waals surface area contributed by atoms with Gasteiger partial charge in [-0.15, -0.1) is 0 Å². The van der Waals surface area contributed by atoms with Crippen molar-refractivity contribution < 1.29 is 0 Å². The lowest BCUT2D eigenvalue weighted by atomic mass is 9.93. The van der Waals surface area contributed by atoms with Crippen LogP contribution in [0, 0.1) is 0 Å². The van der Waals surface area contributed by atoms with Gasteiger partial charge in [0.1, 0.15) is 11.4 Å². The van der Waals surface area contributed by atoms with E-state index in [1.807, 2.05) is 36.4 Å². The second-order valence-corrected chi connectivity index (χ2v) is 30.5. The molecule has 25 aromatic rings. The lowest BCUT2D eigenvalue weighted by molar-refractivity contribution is 0.943. The maximum Gasteiger partial charge on any atom is 0.238 e. The van der Waals surface area contributed by atoms with Crippen molar-refractivity contribution in [2.45, 2.75) is 0 Å². The molecule has 0 aliphatic heterocycles.